The first-order valence-electron chi connectivity index (χ1n) is 9.71. The first-order chi connectivity index (χ1) is 14.9. The Bertz CT molecular complexity index is 1090. The smallest absolute Gasteiger partial charge is 0.332 e. The number of nitrogens with one attached hydrogen (secondary N) is 1. The predicted octanol–water partition coefficient (Wildman–Crippen LogP) is 4.09. The lowest BCUT2D eigenvalue weighted by Gasteiger charge is -2.20. The minimum atomic E-state index is -1.00. The van der Waals surface area contributed by atoms with Crippen molar-refractivity contribution in [2.75, 3.05) is 10.2 Å². The second kappa shape index (κ2) is 8.43. The number of hydrogen-bond donors (Lipinski definition) is 1. The van der Waals surface area contributed by atoms with E-state index in [9.17, 15) is 18.8 Å². The maximum Gasteiger partial charge on any atom is 0.332 e. The molecular formula is C23H20FN3O4. The number of rotatable bonds is 6. The Morgan fingerprint density at radius 3 is 2.42 bits per heavy atom. The molecule has 158 valence electrons. The van der Waals surface area contributed by atoms with Crippen LogP contribution >= 0.6 is 0 Å². The van der Waals surface area contributed by atoms with Crippen LogP contribution < -0.4 is 10.2 Å². The molecule has 0 bridgehead atoms. The maximum atomic E-state index is 13.2. The summed E-state index contributed by atoms with van der Waals surface area (Å²) in [6, 6.07) is 14.2. The zero-order valence-electron chi connectivity index (χ0n) is 16.7. The normalized spacial score (nSPS) is 16.1. The number of furan rings is 1. The lowest BCUT2D eigenvalue weighted by molar-refractivity contribution is -0.124. The molecule has 8 heteroatoms. The number of carbonyl (C=O) groups is 3. The van der Waals surface area contributed by atoms with Gasteiger partial charge in [0.1, 0.15) is 17.6 Å². The van der Waals surface area contributed by atoms with Crippen molar-refractivity contribution in [2.45, 2.75) is 25.9 Å². The molecule has 7 nitrogen and oxygen atoms in total. The quantitative estimate of drug-likeness (QED) is 0.608. The molecule has 1 aliphatic heterocycles. The van der Waals surface area contributed by atoms with Gasteiger partial charge in [0.15, 0.2) is 0 Å². The van der Waals surface area contributed by atoms with Gasteiger partial charge in [0.05, 0.1) is 24.9 Å². The fraction of sp³-hybridized carbons (Fsp3) is 0.174. The van der Waals surface area contributed by atoms with Crippen LogP contribution in [0.1, 0.15) is 17.7 Å². The average Bonchev–Trinajstić information content (AvgIpc) is 3.33. The number of urea groups is 1. The molecule has 4 amide bonds. The van der Waals surface area contributed by atoms with Crippen molar-refractivity contribution in [1.82, 2.24) is 4.90 Å². The number of anilines is 2. The van der Waals surface area contributed by atoms with Crippen LogP contribution in [0.5, 0.6) is 0 Å². The number of hydrogen-bond acceptors (Lipinski definition) is 4. The third-order valence-corrected chi connectivity index (χ3v) is 5.02. The number of carbonyl (C=O) groups excluding carboxylic acids is 3. The minimum absolute atomic E-state index is 0.0500. The van der Waals surface area contributed by atoms with E-state index < -0.39 is 29.7 Å². The molecule has 1 unspecified atom stereocenters. The predicted molar refractivity (Wildman–Crippen MR) is 112 cm³/mol. The molecule has 3 aromatic rings. The van der Waals surface area contributed by atoms with Gasteiger partial charge in [-0.2, -0.15) is 0 Å². The van der Waals surface area contributed by atoms with E-state index in [1.165, 1.54) is 35.4 Å². The van der Waals surface area contributed by atoms with Gasteiger partial charge in [0, 0.05) is 5.69 Å². The van der Waals surface area contributed by atoms with E-state index in [-0.39, 0.29) is 13.0 Å². The topological polar surface area (TPSA) is 82.9 Å². The third-order valence-electron chi connectivity index (χ3n) is 5.02. The number of amides is 4. The number of benzene rings is 2. The molecule has 2 aromatic carbocycles. The molecule has 1 N–H and O–H groups in total. The van der Waals surface area contributed by atoms with Crippen molar-refractivity contribution in [3.05, 3.63) is 84.1 Å². The van der Waals surface area contributed by atoms with Crippen LogP contribution in [-0.4, -0.2) is 28.8 Å². The molecule has 1 aliphatic rings. The van der Waals surface area contributed by atoms with Crippen LogP contribution in [0.4, 0.5) is 20.6 Å². The molecule has 0 spiro atoms. The van der Waals surface area contributed by atoms with E-state index in [2.05, 4.69) is 5.32 Å². The Morgan fingerprint density at radius 2 is 1.77 bits per heavy atom. The zero-order valence-corrected chi connectivity index (χ0v) is 16.7. The molecule has 4 rings (SSSR count). The van der Waals surface area contributed by atoms with Gasteiger partial charge >= 0.3 is 6.03 Å². The second-order valence-corrected chi connectivity index (χ2v) is 7.27. The zero-order chi connectivity index (χ0) is 22.0. The van der Waals surface area contributed by atoms with E-state index >= 15 is 0 Å². The van der Waals surface area contributed by atoms with Crippen LogP contribution in [-0.2, 0) is 16.1 Å². The average molecular weight is 421 g/mol. The van der Waals surface area contributed by atoms with Gasteiger partial charge in [-0.25, -0.2) is 14.1 Å². The maximum absolute atomic E-state index is 13.2. The molecule has 1 atom stereocenters. The summed E-state index contributed by atoms with van der Waals surface area (Å²) in [7, 11) is 0. The Hall–Kier alpha value is -3.94. The highest BCUT2D eigenvalue weighted by molar-refractivity contribution is 6.22. The fourth-order valence-corrected chi connectivity index (χ4v) is 3.44. The van der Waals surface area contributed by atoms with Gasteiger partial charge < -0.3 is 14.6 Å². The summed E-state index contributed by atoms with van der Waals surface area (Å²) in [5.74, 6) is -0.883. The molecule has 31 heavy (non-hydrogen) atoms. The van der Waals surface area contributed by atoms with Gasteiger partial charge in [-0.3, -0.25) is 9.59 Å². The van der Waals surface area contributed by atoms with Gasteiger partial charge in [0.2, 0.25) is 5.91 Å². The van der Waals surface area contributed by atoms with E-state index in [1.54, 1.807) is 36.4 Å². The highest BCUT2D eigenvalue weighted by atomic mass is 19.1. The summed E-state index contributed by atoms with van der Waals surface area (Å²) in [6.45, 7) is 1.96. The summed E-state index contributed by atoms with van der Waals surface area (Å²) in [6.07, 6.45) is 1.23. The number of halogens is 1. The van der Waals surface area contributed by atoms with Crippen LogP contribution in [0.25, 0.3) is 0 Å². The Kier molecular flexibility index (Phi) is 5.53. The molecule has 2 heterocycles. The monoisotopic (exact) mass is 421 g/mol. The third kappa shape index (κ3) is 4.32. The van der Waals surface area contributed by atoms with Crippen LogP contribution in [0, 0.1) is 12.7 Å². The minimum Gasteiger partial charge on any atom is -0.467 e. The van der Waals surface area contributed by atoms with Crippen LogP contribution in [0.3, 0.4) is 0 Å². The molecule has 0 radical (unpaired) electrons. The van der Waals surface area contributed by atoms with Gasteiger partial charge in [0.25, 0.3) is 5.91 Å². The Balaban J connectivity index is 1.58. The van der Waals surface area contributed by atoms with Crippen molar-refractivity contribution in [2.24, 2.45) is 0 Å². The first kappa shape index (κ1) is 20.3. The van der Waals surface area contributed by atoms with Crippen molar-refractivity contribution in [3.63, 3.8) is 0 Å². The fourth-order valence-electron chi connectivity index (χ4n) is 3.44. The number of imide groups is 1. The van der Waals surface area contributed by atoms with Crippen molar-refractivity contribution < 1.29 is 23.2 Å². The van der Waals surface area contributed by atoms with Crippen molar-refractivity contribution in [1.29, 1.82) is 0 Å². The molecule has 1 aromatic heterocycles. The lowest BCUT2D eigenvalue weighted by atomic mass is 10.1. The summed E-state index contributed by atoms with van der Waals surface area (Å²) < 4.78 is 18.4. The first-order valence-corrected chi connectivity index (χ1v) is 9.71. The number of nitrogens with zero attached hydrogens (tertiary/aromatic N) is 2. The van der Waals surface area contributed by atoms with Crippen molar-refractivity contribution in [3.8, 4) is 0 Å². The van der Waals surface area contributed by atoms with Gasteiger partial charge in [-0.05, 0) is 55.5 Å². The molecule has 0 aliphatic carbocycles. The largest absolute Gasteiger partial charge is 0.467 e. The highest BCUT2D eigenvalue weighted by Crippen LogP contribution is 2.29. The highest BCUT2D eigenvalue weighted by Gasteiger charge is 2.46. The lowest BCUT2D eigenvalue weighted by Crippen LogP contribution is -2.37. The van der Waals surface area contributed by atoms with Gasteiger partial charge in [-0.1, -0.05) is 17.7 Å². The second-order valence-electron chi connectivity index (χ2n) is 7.27. The molecule has 1 saturated heterocycles. The standard InChI is InChI=1S/C23H20FN3O4/c1-15-4-10-18(11-5-15)27-22(29)20(26(23(27)30)14-19-3-2-12-31-19)13-21(28)25-17-8-6-16(24)7-9-17/h2-12,20H,13-14H2,1H3,(H,25,28). The van der Waals surface area contributed by atoms with E-state index in [1.807, 2.05) is 6.92 Å². The van der Waals surface area contributed by atoms with E-state index in [0.717, 1.165) is 10.5 Å². The van der Waals surface area contributed by atoms with E-state index in [4.69, 9.17) is 4.42 Å². The number of aryl methyl sites for hydroxylation is 1. The molecule has 1 fully saturated rings. The van der Waals surface area contributed by atoms with Crippen molar-refractivity contribution >= 4 is 29.2 Å². The van der Waals surface area contributed by atoms with E-state index in [0.29, 0.717) is 17.1 Å². The summed E-state index contributed by atoms with van der Waals surface area (Å²) in [5, 5.41) is 2.64. The summed E-state index contributed by atoms with van der Waals surface area (Å²) in [4.78, 5) is 41.3. The Labute approximate surface area is 178 Å². The molecule has 0 saturated carbocycles. The summed E-state index contributed by atoms with van der Waals surface area (Å²) >= 11 is 0. The SMILES string of the molecule is Cc1ccc(N2C(=O)C(CC(=O)Nc3ccc(F)cc3)N(Cc3ccco3)C2=O)cc1. The van der Waals surface area contributed by atoms with Crippen LogP contribution in [0.15, 0.2) is 71.3 Å². The Morgan fingerprint density at radius 1 is 1.06 bits per heavy atom. The summed E-state index contributed by atoms with van der Waals surface area (Å²) in [5.41, 5.74) is 1.83. The van der Waals surface area contributed by atoms with Gasteiger partial charge in [-0.15, -0.1) is 0 Å². The van der Waals surface area contributed by atoms with Crippen LogP contribution in [0.2, 0.25) is 0 Å². The molecular weight excluding hydrogens is 401 g/mol.